The molecule has 1 rings (SSSR count). The van der Waals surface area contributed by atoms with Gasteiger partial charge in [-0.1, -0.05) is 6.08 Å². The first kappa shape index (κ1) is 6.01. The maximum atomic E-state index is 8.37. The third kappa shape index (κ3) is 1.16. The van der Waals surface area contributed by atoms with E-state index in [0.29, 0.717) is 0 Å². The van der Waals surface area contributed by atoms with Crippen molar-refractivity contribution < 1.29 is 4.74 Å². The first-order chi connectivity index (χ1) is 4.27. The molecule has 0 fully saturated rings. The molecular formula is C6H7N2O. The predicted molar refractivity (Wildman–Crippen MR) is 32.3 cm³/mol. The molecule has 9 heavy (non-hydrogen) atoms. The van der Waals surface area contributed by atoms with Crippen LogP contribution in [0.25, 0.3) is 0 Å². The number of hydrogen-bond donors (Lipinski definition) is 0. The van der Waals surface area contributed by atoms with E-state index in [1.807, 2.05) is 0 Å². The highest BCUT2D eigenvalue weighted by molar-refractivity contribution is 5.11. The van der Waals surface area contributed by atoms with Gasteiger partial charge in [0.05, 0.1) is 6.26 Å². The van der Waals surface area contributed by atoms with Crippen LogP contribution in [0.5, 0.6) is 0 Å². The normalized spacial score (nSPS) is 31.7. The van der Waals surface area contributed by atoms with Crippen molar-refractivity contribution in [2.24, 2.45) is 5.11 Å². The molecule has 0 aromatic carbocycles. The minimum Gasteiger partial charge on any atom is -0.469 e. The summed E-state index contributed by atoms with van der Waals surface area (Å²) in [5.41, 5.74) is 7.50. The first-order valence-corrected chi connectivity index (χ1v) is 2.65. The van der Waals surface area contributed by atoms with Crippen molar-refractivity contribution in [3.8, 4) is 0 Å². The molecule has 0 bridgehead atoms. The van der Waals surface area contributed by atoms with Gasteiger partial charge in [-0.2, -0.15) is 0 Å². The second kappa shape index (κ2) is 2.01. The number of hydrogen-bond acceptors (Lipinski definition) is 2. The molecule has 0 amide bonds. The summed E-state index contributed by atoms with van der Waals surface area (Å²) in [6.07, 6.45) is 6.64. The van der Waals surface area contributed by atoms with E-state index in [1.54, 1.807) is 25.2 Å². The molecule has 0 N–H and O–H groups in total. The van der Waals surface area contributed by atoms with Gasteiger partial charge in [-0.3, -0.25) is 0 Å². The average molecular weight is 123 g/mol. The Morgan fingerprint density at radius 1 is 1.56 bits per heavy atom. The average Bonchev–Trinajstić information content (AvgIpc) is 1.90. The van der Waals surface area contributed by atoms with Crippen molar-refractivity contribution in [1.29, 1.82) is 0 Å². The van der Waals surface area contributed by atoms with Crippen LogP contribution in [-0.2, 0) is 4.74 Å². The monoisotopic (exact) mass is 123 g/mol. The van der Waals surface area contributed by atoms with Crippen LogP contribution in [0.4, 0.5) is 0 Å². The molecule has 0 aliphatic carbocycles. The van der Waals surface area contributed by atoms with Gasteiger partial charge in [-0.05, 0) is 17.7 Å². The summed E-state index contributed by atoms with van der Waals surface area (Å²) in [6.45, 7) is 1.66. The Kier molecular flexibility index (Phi) is 1.34. The Morgan fingerprint density at radius 2 is 2.33 bits per heavy atom. The molecule has 3 nitrogen and oxygen atoms in total. The van der Waals surface area contributed by atoms with Crippen LogP contribution < -0.4 is 5.53 Å². The van der Waals surface area contributed by atoms with Gasteiger partial charge < -0.3 is 4.74 Å². The van der Waals surface area contributed by atoms with E-state index < -0.39 is 5.72 Å². The van der Waals surface area contributed by atoms with Crippen molar-refractivity contribution >= 4 is 0 Å². The van der Waals surface area contributed by atoms with Gasteiger partial charge in [0.15, 0.2) is 0 Å². The third-order valence-corrected chi connectivity index (χ3v) is 1.10. The van der Waals surface area contributed by atoms with Gasteiger partial charge in [-0.25, -0.2) is 0 Å². The SMILES string of the molecule is CC1(N=[N])C=CC=CO1. The van der Waals surface area contributed by atoms with E-state index in [-0.39, 0.29) is 0 Å². The molecule has 0 aromatic rings. The molecule has 1 atom stereocenters. The van der Waals surface area contributed by atoms with Crippen molar-refractivity contribution in [2.45, 2.75) is 12.6 Å². The standard InChI is InChI=1S/C6H7N2O/c1-6(8-7)4-2-3-5-9-6/h2-5H,1H3. The van der Waals surface area contributed by atoms with Crippen LogP contribution in [0, 0.1) is 0 Å². The molecular weight excluding hydrogens is 116 g/mol. The zero-order chi connectivity index (χ0) is 6.74. The van der Waals surface area contributed by atoms with E-state index in [0.717, 1.165) is 0 Å². The van der Waals surface area contributed by atoms with Crippen molar-refractivity contribution in [2.75, 3.05) is 0 Å². The van der Waals surface area contributed by atoms with Crippen molar-refractivity contribution in [1.82, 2.24) is 5.53 Å². The smallest absolute Gasteiger partial charge is 0.236 e. The lowest BCUT2D eigenvalue weighted by Gasteiger charge is -2.19. The van der Waals surface area contributed by atoms with Crippen LogP contribution >= 0.6 is 0 Å². The van der Waals surface area contributed by atoms with Gasteiger partial charge in [0, 0.05) is 6.92 Å². The quantitative estimate of drug-likeness (QED) is 0.480. The molecule has 3 heteroatoms. The number of allylic oxidation sites excluding steroid dienone is 2. The largest absolute Gasteiger partial charge is 0.469 e. The fourth-order valence-electron chi connectivity index (χ4n) is 0.553. The van der Waals surface area contributed by atoms with Gasteiger partial charge in [0.2, 0.25) is 5.72 Å². The summed E-state index contributed by atoms with van der Waals surface area (Å²) in [5.74, 6) is 0. The Hall–Kier alpha value is -1.12. The highest BCUT2D eigenvalue weighted by atomic mass is 16.5. The Balaban J connectivity index is 2.73. The maximum absolute atomic E-state index is 8.37. The molecule has 0 saturated heterocycles. The van der Waals surface area contributed by atoms with E-state index in [2.05, 4.69) is 5.11 Å². The zero-order valence-corrected chi connectivity index (χ0v) is 5.11. The Labute approximate surface area is 53.5 Å². The van der Waals surface area contributed by atoms with Gasteiger partial charge in [0.1, 0.15) is 0 Å². The minimum atomic E-state index is -0.866. The molecule has 0 spiro atoms. The highest BCUT2D eigenvalue weighted by Gasteiger charge is 2.20. The number of rotatable bonds is 1. The van der Waals surface area contributed by atoms with E-state index >= 15 is 0 Å². The summed E-state index contributed by atoms with van der Waals surface area (Å²) < 4.78 is 4.93. The van der Waals surface area contributed by atoms with Gasteiger partial charge in [-0.15, -0.1) is 5.11 Å². The minimum absolute atomic E-state index is 0.866. The molecule has 0 saturated carbocycles. The van der Waals surface area contributed by atoms with E-state index in [4.69, 9.17) is 10.3 Å². The fourth-order valence-corrected chi connectivity index (χ4v) is 0.553. The zero-order valence-electron chi connectivity index (χ0n) is 5.11. The second-order valence-corrected chi connectivity index (χ2v) is 1.96. The van der Waals surface area contributed by atoms with E-state index in [1.165, 1.54) is 6.26 Å². The van der Waals surface area contributed by atoms with E-state index in [9.17, 15) is 0 Å². The maximum Gasteiger partial charge on any atom is 0.236 e. The van der Waals surface area contributed by atoms with Crippen LogP contribution in [0.15, 0.2) is 29.6 Å². The molecule has 1 unspecified atom stereocenters. The van der Waals surface area contributed by atoms with Crippen LogP contribution in [0.2, 0.25) is 0 Å². The number of nitrogens with zero attached hydrogens (tertiary/aromatic N) is 2. The summed E-state index contributed by atoms with van der Waals surface area (Å²) >= 11 is 0. The lowest BCUT2D eigenvalue weighted by atomic mass is 10.2. The summed E-state index contributed by atoms with van der Waals surface area (Å²) in [7, 11) is 0. The van der Waals surface area contributed by atoms with Crippen molar-refractivity contribution in [3.05, 3.63) is 24.5 Å². The fraction of sp³-hybridized carbons (Fsp3) is 0.333. The lowest BCUT2D eigenvalue weighted by molar-refractivity contribution is 0.0852. The molecule has 1 heterocycles. The van der Waals surface area contributed by atoms with Crippen LogP contribution in [0.3, 0.4) is 0 Å². The first-order valence-electron chi connectivity index (χ1n) is 2.65. The molecule has 47 valence electrons. The summed E-state index contributed by atoms with van der Waals surface area (Å²) in [6, 6.07) is 0. The number of ether oxygens (including phenoxy) is 1. The molecule has 1 aliphatic rings. The van der Waals surface area contributed by atoms with Gasteiger partial charge >= 0.3 is 0 Å². The topological polar surface area (TPSA) is 43.9 Å². The second-order valence-electron chi connectivity index (χ2n) is 1.96. The highest BCUT2D eigenvalue weighted by Crippen LogP contribution is 2.16. The van der Waals surface area contributed by atoms with Crippen molar-refractivity contribution in [3.63, 3.8) is 0 Å². The third-order valence-electron chi connectivity index (χ3n) is 1.10. The molecule has 1 radical (unpaired) electrons. The lowest BCUT2D eigenvalue weighted by Crippen LogP contribution is -2.21. The summed E-state index contributed by atoms with van der Waals surface area (Å²) in [4.78, 5) is 0. The summed E-state index contributed by atoms with van der Waals surface area (Å²) in [5, 5.41) is 3.02. The molecule has 0 aromatic heterocycles. The Morgan fingerprint density at radius 3 is 2.67 bits per heavy atom. The van der Waals surface area contributed by atoms with Gasteiger partial charge in [0.25, 0.3) is 0 Å². The van der Waals surface area contributed by atoms with Crippen LogP contribution in [-0.4, -0.2) is 5.72 Å². The van der Waals surface area contributed by atoms with Crippen LogP contribution in [0.1, 0.15) is 6.92 Å². The predicted octanol–water partition coefficient (Wildman–Crippen LogP) is 1.05. The molecule has 1 aliphatic heterocycles. The Bertz CT molecular complexity index is 174.